The maximum Gasteiger partial charge on any atom is 0.234 e. The lowest BCUT2D eigenvalue weighted by molar-refractivity contribution is -0.120. The average Bonchev–Trinajstić information content (AvgIpc) is 2.64. The van der Waals surface area contributed by atoms with E-state index < -0.39 is 0 Å². The summed E-state index contributed by atoms with van der Waals surface area (Å²) in [5.74, 6) is 0.790. The van der Waals surface area contributed by atoms with Crippen molar-refractivity contribution in [3.05, 3.63) is 58.6 Å². The second-order valence-corrected chi connectivity index (χ2v) is 6.04. The molecule has 0 spiro atoms. The van der Waals surface area contributed by atoms with Crippen molar-refractivity contribution in [1.29, 1.82) is 5.26 Å². The number of methoxy groups -OCH3 is 1. The van der Waals surface area contributed by atoms with Crippen LogP contribution in [0, 0.1) is 11.3 Å². The Morgan fingerprint density at radius 3 is 2.65 bits per heavy atom. The number of hydrogen-bond donors (Lipinski definition) is 1. The molecule has 0 bridgehead atoms. The number of nitrogens with zero attached hydrogens (tertiary/aromatic N) is 1. The molecule has 0 aromatic heterocycles. The largest absolute Gasteiger partial charge is 0.493 e. The van der Waals surface area contributed by atoms with Gasteiger partial charge < -0.3 is 14.8 Å². The van der Waals surface area contributed by atoms with Crippen molar-refractivity contribution >= 4 is 17.5 Å². The Balaban J connectivity index is 1.95. The number of nitriles is 1. The van der Waals surface area contributed by atoms with E-state index in [0.29, 0.717) is 36.1 Å². The molecule has 0 saturated carbocycles. The van der Waals surface area contributed by atoms with Crippen molar-refractivity contribution in [2.45, 2.75) is 19.3 Å². The second-order valence-electron chi connectivity index (χ2n) is 5.63. The van der Waals surface area contributed by atoms with Gasteiger partial charge in [0.1, 0.15) is 6.42 Å². The molecule has 0 heterocycles. The zero-order chi connectivity index (χ0) is 18.8. The van der Waals surface area contributed by atoms with E-state index in [9.17, 15) is 4.79 Å². The fourth-order valence-electron chi connectivity index (χ4n) is 2.45. The van der Waals surface area contributed by atoms with Crippen molar-refractivity contribution in [3.8, 4) is 17.6 Å². The number of ether oxygens (including phenoxy) is 2. The van der Waals surface area contributed by atoms with Gasteiger partial charge in [0.25, 0.3) is 0 Å². The van der Waals surface area contributed by atoms with Crippen LogP contribution in [0.1, 0.15) is 17.5 Å². The summed E-state index contributed by atoms with van der Waals surface area (Å²) in [6.45, 7) is 0.915. The lowest BCUT2D eigenvalue weighted by Crippen LogP contribution is -2.24. The van der Waals surface area contributed by atoms with Crippen molar-refractivity contribution in [3.63, 3.8) is 0 Å². The second kappa shape index (κ2) is 10.3. The van der Waals surface area contributed by atoms with Gasteiger partial charge in [-0.1, -0.05) is 41.9 Å². The highest BCUT2D eigenvalue weighted by atomic mass is 35.5. The molecule has 0 radical (unpaired) electrons. The van der Waals surface area contributed by atoms with Crippen LogP contribution in [-0.2, 0) is 17.6 Å². The van der Waals surface area contributed by atoms with E-state index in [1.54, 1.807) is 13.2 Å². The first-order chi connectivity index (χ1) is 12.6. The Bertz CT molecular complexity index is 773. The summed E-state index contributed by atoms with van der Waals surface area (Å²) in [7, 11) is 1.56. The zero-order valence-corrected chi connectivity index (χ0v) is 15.4. The number of carbonyl (C=O) groups is 1. The van der Waals surface area contributed by atoms with Gasteiger partial charge in [-0.05, 0) is 29.7 Å². The maximum atomic E-state index is 11.3. The monoisotopic (exact) mass is 372 g/mol. The molecule has 1 amide bonds. The third-order valence-electron chi connectivity index (χ3n) is 3.74. The Labute approximate surface area is 158 Å². The smallest absolute Gasteiger partial charge is 0.234 e. The predicted octanol–water partition coefficient (Wildman–Crippen LogP) is 3.54. The maximum absolute atomic E-state index is 11.3. The summed E-state index contributed by atoms with van der Waals surface area (Å²) in [4.78, 5) is 11.3. The number of nitrogens with one attached hydrogen (secondary N) is 1. The number of carbonyl (C=O) groups excluding carboxylic acids is 1. The Kier molecular flexibility index (Phi) is 7.78. The van der Waals surface area contributed by atoms with Crippen molar-refractivity contribution in [1.82, 2.24) is 5.32 Å². The Hall–Kier alpha value is -2.71. The van der Waals surface area contributed by atoms with Crippen LogP contribution in [0.3, 0.4) is 0 Å². The molecule has 0 atom stereocenters. The molecule has 0 aliphatic rings. The van der Waals surface area contributed by atoms with Crippen LogP contribution in [0.4, 0.5) is 0 Å². The van der Waals surface area contributed by atoms with Gasteiger partial charge in [0, 0.05) is 13.0 Å². The van der Waals surface area contributed by atoms with Gasteiger partial charge in [-0.3, -0.25) is 4.79 Å². The highest BCUT2D eigenvalue weighted by Gasteiger charge is 2.12. The summed E-state index contributed by atoms with van der Waals surface area (Å²) in [5.41, 5.74) is 2.10. The molecule has 2 aromatic carbocycles. The van der Waals surface area contributed by atoms with Gasteiger partial charge in [-0.25, -0.2) is 0 Å². The summed E-state index contributed by atoms with van der Waals surface area (Å²) < 4.78 is 11.2. The molecule has 6 heteroatoms. The number of hydrogen-bond acceptors (Lipinski definition) is 4. The average molecular weight is 373 g/mol. The van der Waals surface area contributed by atoms with Gasteiger partial charge in [-0.2, -0.15) is 5.26 Å². The third-order valence-corrected chi connectivity index (χ3v) is 4.03. The number of rotatable bonds is 9. The van der Waals surface area contributed by atoms with Gasteiger partial charge in [0.2, 0.25) is 5.91 Å². The van der Waals surface area contributed by atoms with Gasteiger partial charge in [0.05, 0.1) is 24.8 Å². The van der Waals surface area contributed by atoms with E-state index in [1.807, 2.05) is 42.5 Å². The van der Waals surface area contributed by atoms with E-state index >= 15 is 0 Å². The van der Waals surface area contributed by atoms with Crippen LogP contribution in [0.2, 0.25) is 5.02 Å². The van der Waals surface area contributed by atoms with Gasteiger partial charge >= 0.3 is 0 Å². The molecule has 136 valence electrons. The molecular formula is C20H21ClN2O3. The highest BCUT2D eigenvalue weighted by Crippen LogP contribution is 2.36. The predicted molar refractivity (Wildman–Crippen MR) is 101 cm³/mol. The van der Waals surface area contributed by atoms with Crippen LogP contribution >= 0.6 is 11.6 Å². The number of amides is 1. The van der Waals surface area contributed by atoms with Crippen LogP contribution in [0.5, 0.6) is 11.5 Å². The van der Waals surface area contributed by atoms with E-state index in [4.69, 9.17) is 26.3 Å². The minimum absolute atomic E-state index is 0.141. The first kappa shape index (κ1) is 19.6. The molecule has 2 rings (SSSR count). The zero-order valence-electron chi connectivity index (χ0n) is 14.6. The standard InChI is InChI=1S/C20H21ClN2O3/c1-25-18-14-16(8-11-23-19(24)7-10-22)13-17(21)20(18)26-12-9-15-5-3-2-4-6-15/h2-6,13-14H,7-9,11-12H2,1H3,(H,23,24). The third kappa shape index (κ3) is 5.98. The Morgan fingerprint density at radius 2 is 1.96 bits per heavy atom. The Morgan fingerprint density at radius 1 is 1.19 bits per heavy atom. The lowest BCUT2D eigenvalue weighted by Gasteiger charge is -2.14. The molecule has 0 fully saturated rings. The normalized spacial score (nSPS) is 10.0. The van der Waals surface area contributed by atoms with Gasteiger partial charge in [0.15, 0.2) is 11.5 Å². The molecule has 0 saturated heterocycles. The summed E-state index contributed by atoms with van der Waals surface area (Å²) in [6, 6.07) is 15.5. The summed E-state index contributed by atoms with van der Waals surface area (Å²) in [5, 5.41) is 11.6. The minimum Gasteiger partial charge on any atom is -0.493 e. The molecule has 26 heavy (non-hydrogen) atoms. The van der Waals surface area contributed by atoms with Crippen LogP contribution in [0.25, 0.3) is 0 Å². The van der Waals surface area contributed by atoms with Crippen molar-refractivity contribution in [2.24, 2.45) is 0 Å². The molecule has 0 aliphatic carbocycles. The number of halogens is 1. The first-order valence-corrected chi connectivity index (χ1v) is 8.68. The van der Waals surface area contributed by atoms with Crippen LogP contribution < -0.4 is 14.8 Å². The molecule has 5 nitrogen and oxygen atoms in total. The quantitative estimate of drug-likeness (QED) is 0.730. The first-order valence-electron chi connectivity index (χ1n) is 8.31. The fraction of sp³-hybridized carbons (Fsp3) is 0.300. The molecule has 0 aliphatic heterocycles. The fourth-order valence-corrected chi connectivity index (χ4v) is 2.74. The summed E-state index contributed by atoms with van der Waals surface area (Å²) in [6.07, 6.45) is 1.21. The number of benzene rings is 2. The topological polar surface area (TPSA) is 71.3 Å². The van der Waals surface area contributed by atoms with Crippen molar-refractivity contribution in [2.75, 3.05) is 20.3 Å². The molecule has 1 N–H and O–H groups in total. The van der Waals surface area contributed by atoms with Crippen LogP contribution in [-0.4, -0.2) is 26.2 Å². The van der Waals surface area contributed by atoms with E-state index in [1.165, 1.54) is 5.56 Å². The summed E-state index contributed by atoms with van der Waals surface area (Å²) >= 11 is 6.35. The molecular weight excluding hydrogens is 352 g/mol. The molecule has 2 aromatic rings. The van der Waals surface area contributed by atoms with Crippen molar-refractivity contribution < 1.29 is 14.3 Å². The van der Waals surface area contributed by atoms with Gasteiger partial charge in [-0.15, -0.1) is 0 Å². The van der Waals surface area contributed by atoms with E-state index in [2.05, 4.69) is 5.32 Å². The molecule has 0 unspecified atom stereocenters. The van der Waals surface area contributed by atoms with E-state index in [-0.39, 0.29) is 12.3 Å². The SMILES string of the molecule is COc1cc(CCNC(=O)CC#N)cc(Cl)c1OCCc1ccccc1. The van der Waals surface area contributed by atoms with Crippen LogP contribution in [0.15, 0.2) is 42.5 Å². The highest BCUT2D eigenvalue weighted by molar-refractivity contribution is 6.32. The lowest BCUT2D eigenvalue weighted by atomic mass is 10.1. The minimum atomic E-state index is -0.286. The van der Waals surface area contributed by atoms with E-state index in [0.717, 1.165) is 12.0 Å².